The fourth-order valence-electron chi connectivity index (χ4n) is 3.88. The molecule has 0 radical (unpaired) electrons. The van der Waals surface area contributed by atoms with E-state index in [-0.39, 0.29) is 24.2 Å². The molecule has 10 heteroatoms. The van der Waals surface area contributed by atoms with Crippen LogP contribution in [0.25, 0.3) is 16.9 Å². The summed E-state index contributed by atoms with van der Waals surface area (Å²) in [6, 6.07) is 9.65. The number of nitrogen functional groups attached to an aromatic ring is 1. The molecule has 5 rings (SSSR count). The Morgan fingerprint density at radius 1 is 1.22 bits per heavy atom. The maximum Gasteiger partial charge on any atom is 0.227 e. The van der Waals surface area contributed by atoms with Gasteiger partial charge in [-0.1, -0.05) is 12.1 Å². The molecule has 0 amide bonds. The second-order valence-corrected chi connectivity index (χ2v) is 7.84. The van der Waals surface area contributed by atoms with Crippen LogP contribution in [0.15, 0.2) is 48.8 Å². The van der Waals surface area contributed by atoms with Gasteiger partial charge in [0.2, 0.25) is 5.95 Å². The predicted octanol–water partition coefficient (Wildman–Crippen LogP) is 3.63. The number of anilines is 3. The minimum Gasteiger partial charge on any atom is -0.382 e. The number of benzene rings is 1. The molecule has 1 aliphatic heterocycles. The van der Waals surface area contributed by atoms with Gasteiger partial charge in [0, 0.05) is 31.0 Å². The molecule has 1 aromatic carbocycles. The quantitative estimate of drug-likeness (QED) is 0.493. The maximum atomic E-state index is 13.9. The van der Waals surface area contributed by atoms with Crippen molar-refractivity contribution in [2.75, 3.05) is 29.0 Å². The van der Waals surface area contributed by atoms with Crippen LogP contribution in [0.1, 0.15) is 24.9 Å². The van der Waals surface area contributed by atoms with Gasteiger partial charge in [-0.15, -0.1) is 5.10 Å². The summed E-state index contributed by atoms with van der Waals surface area (Å²) in [5, 5.41) is 7.66. The summed E-state index contributed by atoms with van der Waals surface area (Å²) >= 11 is 0. The average Bonchev–Trinajstić information content (AvgIpc) is 3.36. The monoisotopic (exact) mass is 436 g/mol. The Labute approximate surface area is 183 Å². The Morgan fingerprint density at radius 2 is 2.03 bits per heavy atom. The number of hydrogen-bond donors (Lipinski definition) is 2. The van der Waals surface area contributed by atoms with Gasteiger partial charge >= 0.3 is 0 Å². The fraction of sp³-hybridized carbons (Fsp3) is 0.273. The van der Waals surface area contributed by atoms with Crippen LogP contribution in [0.5, 0.6) is 0 Å². The number of nitrogens with one attached hydrogen (secondary N) is 1. The van der Waals surface area contributed by atoms with Gasteiger partial charge in [0.15, 0.2) is 11.5 Å². The Balaban J connectivity index is 1.57. The van der Waals surface area contributed by atoms with E-state index in [4.69, 9.17) is 5.73 Å². The molecule has 1 fully saturated rings. The van der Waals surface area contributed by atoms with Gasteiger partial charge in [-0.25, -0.2) is 23.3 Å². The van der Waals surface area contributed by atoms with E-state index in [9.17, 15) is 8.78 Å². The summed E-state index contributed by atoms with van der Waals surface area (Å²) < 4.78 is 28.8. The van der Waals surface area contributed by atoms with E-state index in [1.54, 1.807) is 41.2 Å². The first-order chi connectivity index (χ1) is 15.5. The number of alkyl halides is 1. The van der Waals surface area contributed by atoms with Crippen LogP contribution < -0.4 is 16.0 Å². The minimum atomic E-state index is -0.916. The molecule has 0 saturated carbocycles. The lowest BCUT2D eigenvalue weighted by atomic mass is 10.1. The molecule has 0 bridgehead atoms. The zero-order valence-electron chi connectivity index (χ0n) is 17.4. The van der Waals surface area contributed by atoms with Crippen molar-refractivity contribution in [1.82, 2.24) is 24.6 Å². The zero-order valence-corrected chi connectivity index (χ0v) is 17.4. The molecule has 3 aromatic heterocycles. The molecule has 0 aliphatic carbocycles. The van der Waals surface area contributed by atoms with Crippen LogP contribution in [0, 0.1) is 5.82 Å². The van der Waals surface area contributed by atoms with E-state index in [0.29, 0.717) is 41.6 Å². The zero-order chi connectivity index (χ0) is 22.2. The third kappa shape index (κ3) is 3.79. The summed E-state index contributed by atoms with van der Waals surface area (Å²) in [5.41, 5.74) is 8.80. The predicted molar refractivity (Wildman–Crippen MR) is 119 cm³/mol. The van der Waals surface area contributed by atoms with E-state index in [1.165, 1.54) is 12.1 Å². The standard InChI is InChI=1S/C22H22F2N8/c1-13(14-3-5-15(23)6-4-14)27-18-11-17(28-22(29-18)31-10-7-16(24)12-31)19-20(25)30-32-9-2-8-26-21(19)32/h2-6,8-9,11,13,16H,7,10,12H2,1H3,(H2,25,30)(H,27,28,29)/t13-,16-/m0/s1. The van der Waals surface area contributed by atoms with E-state index in [1.807, 2.05) is 11.8 Å². The normalized spacial score (nSPS) is 17.1. The van der Waals surface area contributed by atoms with Gasteiger partial charge in [-0.2, -0.15) is 4.98 Å². The first-order valence-corrected chi connectivity index (χ1v) is 10.4. The molecule has 4 aromatic rings. The third-order valence-electron chi connectivity index (χ3n) is 5.54. The van der Waals surface area contributed by atoms with Gasteiger partial charge < -0.3 is 16.0 Å². The molecule has 0 spiro atoms. The van der Waals surface area contributed by atoms with Crippen molar-refractivity contribution in [3.8, 4) is 11.3 Å². The smallest absolute Gasteiger partial charge is 0.227 e. The highest BCUT2D eigenvalue weighted by atomic mass is 19.1. The fourth-order valence-corrected chi connectivity index (χ4v) is 3.88. The molecule has 0 unspecified atom stereocenters. The number of halogens is 2. The lowest BCUT2D eigenvalue weighted by Crippen LogP contribution is -2.23. The number of rotatable bonds is 5. The maximum absolute atomic E-state index is 13.9. The summed E-state index contributed by atoms with van der Waals surface area (Å²) in [6.07, 6.45) is 2.93. The van der Waals surface area contributed by atoms with Gasteiger partial charge in [0.1, 0.15) is 17.8 Å². The number of nitrogens with zero attached hydrogens (tertiary/aromatic N) is 6. The summed E-state index contributed by atoms with van der Waals surface area (Å²) in [5.74, 6) is 0.944. The van der Waals surface area contributed by atoms with Gasteiger partial charge in [0.05, 0.1) is 17.8 Å². The van der Waals surface area contributed by atoms with E-state index < -0.39 is 6.17 Å². The summed E-state index contributed by atoms with van der Waals surface area (Å²) in [7, 11) is 0. The summed E-state index contributed by atoms with van der Waals surface area (Å²) in [4.78, 5) is 15.5. The molecule has 1 saturated heterocycles. The summed E-state index contributed by atoms with van der Waals surface area (Å²) in [6.45, 7) is 2.71. The number of fused-ring (bicyclic) bond motifs is 1. The second-order valence-electron chi connectivity index (χ2n) is 7.84. The minimum absolute atomic E-state index is 0.155. The Morgan fingerprint density at radius 3 is 2.78 bits per heavy atom. The lowest BCUT2D eigenvalue weighted by molar-refractivity contribution is 0.364. The molecule has 164 valence electrons. The van der Waals surface area contributed by atoms with Gasteiger partial charge in [-0.05, 0) is 37.1 Å². The van der Waals surface area contributed by atoms with Gasteiger partial charge in [-0.3, -0.25) is 0 Å². The molecule has 32 heavy (non-hydrogen) atoms. The molecule has 1 aliphatic rings. The number of nitrogens with two attached hydrogens (primary N) is 1. The second kappa shape index (κ2) is 8.03. The molecule has 3 N–H and O–H groups in total. The average molecular weight is 436 g/mol. The molecular weight excluding hydrogens is 414 g/mol. The van der Waals surface area contributed by atoms with E-state index >= 15 is 0 Å². The van der Waals surface area contributed by atoms with Crippen LogP contribution in [-0.2, 0) is 0 Å². The first kappa shape index (κ1) is 20.1. The number of aromatic nitrogens is 5. The highest BCUT2D eigenvalue weighted by Crippen LogP contribution is 2.32. The largest absolute Gasteiger partial charge is 0.382 e. The van der Waals surface area contributed by atoms with Crippen LogP contribution >= 0.6 is 0 Å². The highest BCUT2D eigenvalue weighted by Gasteiger charge is 2.26. The van der Waals surface area contributed by atoms with Crippen molar-refractivity contribution >= 4 is 23.2 Å². The Bertz CT molecular complexity index is 1260. The first-order valence-electron chi connectivity index (χ1n) is 10.4. The van der Waals surface area contributed by atoms with Crippen LogP contribution in [0.3, 0.4) is 0 Å². The van der Waals surface area contributed by atoms with Crippen molar-refractivity contribution in [3.05, 3.63) is 60.2 Å². The highest BCUT2D eigenvalue weighted by molar-refractivity contribution is 5.85. The van der Waals surface area contributed by atoms with Gasteiger partial charge in [0.25, 0.3) is 0 Å². The van der Waals surface area contributed by atoms with Crippen molar-refractivity contribution in [2.24, 2.45) is 0 Å². The van der Waals surface area contributed by atoms with E-state index in [0.717, 1.165) is 5.56 Å². The van der Waals surface area contributed by atoms with Crippen LogP contribution in [-0.4, -0.2) is 43.8 Å². The SMILES string of the molecule is C[C@H](Nc1cc(-c2c(N)nn3cccnc23)nc(N2CC[C@H](F)C2)n1)c1ccc(F)cc1. The van der Waals surface area contributed by atoms with Crippen molar-refractivity contribution in [2.45, 2.75) is 25.6 Å². The van der Waals surface area contributed by atoms with Crippen LogP contribution in [0.4, 0.5) is 26.4 Å². The molecule has 4 heterocycles. The van der Waals surface area contributed by atoms with Crippen molar-refractivity contribution in [1.29, 1.82) is 0 Å². The van der Waals surface area contributed by atoms with Crippen LogP contribution in [0.2, 0.25) is 0 Å². The third-order valence-corrected chi connectivity index (χ3v) is 5.54. The molecule has 8 nitrogen and oxygen atoms in total. The topological polar surface area (TPSA) is 97.3 Å². The Kier molecular flexibility index (Phi) is 5.04. The van der Waals surface area contributed by atoms with Crippen molar-refractivity contribution in [3.63, 3.8) is 0 Å². The van der Waals surface area contributed by atoms with E-state index in [2.05, 4.69) is 25.4 Å². The van der Waals surface area contributed by atoms with Crippen molar-refractivity contribution < 1.29 is 8.78 Å². The lowest BCUT2D eigenvalue weighted by Gasteiger charge is -2.20. The number of hydrogen-bond acceptors (Lipinski definition) is 7. The Hall–Kier alpha value is -3.82. The molecular formula is C22H22F2N8. The molecule has 2 atom stereocenters.